The summed E-state index contributed by atoms with van der Waals surface area (Å²) >= 11 is 0. The highest BCUT2D eigenvalue weighted by Crippen LogP contribution is 2.58. The van der Waals surface area contributed by atoms with Crippen LogP contribution in [0.3, 0.4) is 0 Å². The third-order valence-electron chi connectivity index (χ3n) is 7.32. The van der Waals surface area contributed by atoms with Crippen LogP contribution in [0.2, 0.25) is 0 Å². The Hall–Kier alpha value is -2.23. The Bertz CT molecular complexity index is 856. The van der Waals surface area contributed by atoms with E-state index >= 15 is 0 Å². The van der Waals surface area contributed by atoms with Gasteiger partial charge in [-0.2, -0.15) is 0 Å². The van der Waals surface area contributed by atoms with E-state index in [2.05, 4.69) is 59.1 Å². The Morgan fingerprint density at radius 2 is 2.04 bits per heavy atom. The van der Waals surface area contributed by atoms with Crippen LogP contribution in [0, 0.1) is 11.3 Å². The second-order valence-corrected chi connectivity index (χ2v) is 8.67. The van der Waals surface area contributed by atoms with Gasteiger partial charge in [0, 0.05) is 35.9 Å². The summed E-state index contributed by atoms with van der Waals surface area (Å²) in [6, 6.07) is 8.93. The highest BCUT2D eigenvalue weighted by Gasteiger charge is 2.60. The highest BCUT2D eigenvalue weighted by atomic mass is 15.3. The van der Waals surface area contributed by atoms with Crippen LogP contribution < -0.4 is 0 Å². The van der Waals surface area contributed by atoms with Gasteiger partial charge in [-0.15, -0.1) is 0 Å². The number of para-hydroxylation sites is 2. The van der Waals surface area contributed by atoms with Gasteiger partial charge in [-0.1, -0.05) is 45.1 Å². The van der Waals surface area contributed by atoms with E-state index in [0.717, 1.165) is 48.8 Å². The summed E-state index contributed by atoms with van der Waals surface area (Å²) in [5, 5.41) is 0. The van der Waals surface area contributed by atoms with Crippen LogP contribution in [0.1, 0.15) is 44.9 Å². The van der Waals surface area contributed by atoms with Crippen molar-refractivity contribution in [1.29, 1.82) is 0 Å². The minimum Gasteiger partial charge on any atom is -0.373 e. The van der Waals surface area contributed by atoms with Crippen LogP contribution in [0.4, 0.5) is 0 Å². The fourth-order valence-electron chi connectivity index (χ4n) is 5.78. The number of benzene rings is 1. The van der Waals surface area contributed by atoms with Crippen molar-refractivity contribution >= 4 is 11.0 Å². The highest BCUT2D eigenvalue weighted by molar-refractivity contribution is 5.74. The summed E-state index contributed by atoms with van der Waals surface area (Å²) in [7, 11) is 0. The lowest BCUT2D eigenvalue weighted by Gasteiger charge is -2.54. The fraction of sp³-hybridized carbons (Fsp3) is 0.522. The van der Waals surface area contributed by atoms with Gasteiger partial charge in [0.15, 0.2) is 0 Å². The molecule has 3 heterocycles. The zero-order valence-corrected chi connectivity index (χ0v) is 16.4. The van der Waals surface area contributed by atoms with Crippen molar-refractivity contribution < 1.29 is 0 Å². The quantitative estimate of drug-likeness (QED) is 0.858. The second kappa shape index (κ2) is 6.15. The molecule has 1 spiro atoms. The third-order valence-corrected chi connectivity index (χ3v) is 7.32. The van der Waals surface area contributed by atoms with Gasteiger partial charge in [0.05, 0.1) is 17.6 Å². The number of aromatic amines is 1. The van der Waals surface area contributed by atoms with E-state index in [-0.39, 0.29) is 5.41 Å². The average molecular weight is 363 g/mol. The van der Waals surface area contributed by atoms with E-state index in [0.29, 0.717) is 6.04 Å². The van der Waals surface area contributed by atoms with Crippen LogP contribution in [-0.4, -0.2) is 38.9 Å². The van der Waals surface area contributed by atoms with E-state index in [1.165, 1.54) is 37.1 Å². The number of hydrogen-bond acceptors (Lipinski definition) is 3. The number of imidazole rings is 1. The van der Waals surface area contributed by atoms with E-state index in [1.54, 1.807) is 0 Å². The molecule has 0 bridgehead atoms. The molecule has 2 atom stereocenters. The smallest absolute Gasteiger partial charge is 0.126 e. The predicted octanol–water partition coefficient (Wildman–Crippen LogP) is 4.68. The fourth-order valence-corrected chi connectivity index (χ4v) is 5.78. The van der Waals surface area contributed by atoms with Gasteiger partial charge in [0.25, 0.3) is 0 Å². The largest absolute Gasteiger partial charge is 0.373 e. The summed E-state index contributed by atoms with van der Waals surface area (Å²) in [5.41, 5.74) is 5.06. The van der Waals surface area contributed by atoms with Crippen molar-refractivity contribution in [3.8, 4) is 0 Å². The lowest BCUT2D eigenvalue weighted by Crippen LogP contribution is -2.59. The van der Waals surface area contributed by atoms with Gasteiger partial charge in [0.2, 0.25) is 0 Å². The van der Waals surface area contributed by atoms with Gasteiger partial charge in [-0.05, 0) is 37.3 Å². The van der Waals surface area contributed by atoms with E-state index in [9.17, 15) is 0 Å². The van der Waals surface area contributed by atoms with E-state index < -0.39 is 0 Å². The third kappa shape index (κ3) is 2.45. The van der Waals surface area contributed by atoms with Crippen molar-refractivity contribution in [1.82, 2.24) is 19.8 Å². The first-order chi connectivity index (χ1) is 13.1. The molecule has 0 radical (unpaired) electrons. The standard InChI is InChI=1S/C23H30N4/c1-4-16(2)26-14-23(15-26)17(3)27(21-12-8-5-9-18(21)23)13-22-24-19-10-6-7-11-20(19)25-22/h6-7,10-11,18,21H,2-5,8-9,12-15H2,1H3,(H,24,25). The average Bonchev–Trinajstić information content (AvgIpc) is 3.17. The molecule has 1 aromatic heterocycles. The molecule has 142 valence electrons. The van der Waals surface area contributed by atoms with Crippen LogP contribution in [0.25, 0.3) is 11.0 Å². The van der Waals surface area contributed by atoms with Crippen molar-refractivity contribution in [3.05, 3.63) is 54.6 Å². The van der Waals surface area contributed by atoms with Gasteiger partial charge >= 0.3 is 0 Å². The minimum absolute atomic E-state index is 0.259. The molecule has 2 aromatic rings. The van der Waals surface area contributed by atoms with Crippen LogP contribution in [0.5, 0.6) is 0 Å². The number of likely N-dealkylation sites (tertiary alicyclic amines) is 2. The maximum atomic E-state index is 4.83. The molecule has 3 fully saturated rings. The molecule has 0 amide bonds. The maximum Gasteiger partial charge on any atom is 0.126 e. The van der Waals surface area contributed by atoms with Crippen molar-refractivity contribution in [2.45, 2.75) is 51.6 Å². The molecule has 2 unspecified atom stereocenters. The Balaban J connectivity index is 1.42. The molecule has 1 aliphatic carbocycles. The molecular weight excluding hydrogens is 332 g/mol. The number of nitrogens with zero attached hydrogens (tertiary/aromatic N) is 3. The number of hydrogen-bond donors (Lipinski definition) is 1. The SMILES string of the molecule is C=C(CC)N1CC2(C1)C(=C)N(Cc1nc3ccccc3[nH]1)C1CCCCC12. The number of allylic oxidation sites excluding steroid dienone is 1. The Kier molecular flexibility index (Phi) is 3.85. The summed E-state index contributed by atoms with van der Waals surface area (Å²) < 4.78 is 0. The number of aromatic nitrogens is 2. The van der Waals surface area contributed by atoms with Gasteiger partial charge < -0.3 is 14.8 Å². The van der Waals surface area contributed by atoms with Crippen molar-refractivity contribution in [3.63, 3.8) is 0 Å². The number of nitrogens with one attached hydrogen (secondary N) is 1. The van der Waals surface area contributed by atoms with Gasteiger partial charge in [-0.3, -0.25) is 0 Å². The predicted molar refractivity (Wildman–Crippen MR) is 110 cm³/mol. The lowest BCUT2D eigenvalue weighted by atomic mass is 9.64. The first-order valence-electron chi connectivity index (χ1n) is 10.4. The molecule has 3 aliphatic rings. The lowest BCUT2D eigenvalue weighted by molar-refractivity contribution is 0.00840. The maximum absolute atomic E-state index is 4.83. The molecule has 4 heteroatoms. The van der Waals surface area contributed by atoms with E-state index in [4.69, 9.17) is 4.98 Å². The Morgan fingerprint density at radius 3 is 2.81 bits per heavy atom. The van der Waals surface area contributed by atoms with Crippen LogP contribution in [-0.2, 0) is 6.54 Å². The summed E-state index contributed by atoms with van der Waals surface area (Å²) in [4.78, 5) is 13.4. The first kappa shape index (κ1) is 16.9. The molecule has 4 nitrogen and oxygen atoms in total. The normalized spacial score (nSPS) is 26.5. The number of H-pyrrole nitrogens is 1. The molecule has 1 saturated carbocycles. The monoisotopic (exact) mass is 362 g/mol. The molecule has 2 saturated heterocycles. The topological polar surface area (TPSA) is 35.2 Å². The molecule has 1 aromatic carbocycles. The molecule has 2 aliphatic heterocycles. The van der Waals surface area contributed by atoms with Crippen LogP contribution >= 0.6 is 0 Å². The van der Waals surface area contributed by atoms with Crippen molar-refractivity contribution in [2.75, 3.05) is 13.1 Å². The zero-order chi connectivity index (χ0) is 18.6. The van der Waals surface area contributed by atoms with Crippen LogP contribution in [0.15, 0.2) is 48.8 Å². The van der Waals surface area contributed by atoms with Crippen molar-refractivity contribution in [2.24, 2.45) is 11.3 Å². The molecule has 27 heavy (non-hydrogen) atoms. The van der Waals surface area contributed by atoms with E-state index in [1.807, 2.05) is 0 Å². The molecular formula is C23H30N4. The Labute approximate surface area is 162 Å². The van der Waals surface area contributed by atoms with Gasteiger partial charge in [0.1, 0.15) is 5.82 Å². The summed E-state index contributed by atoms with van der Waals surface area (Å²) in [6.45, 7) is 14.2. The summed E-state index contributed by atoms with van der Waals surface area (Å²) in [6.07, 6.45) is 6.38. The van der Waals surface area contributed by atoms with Gasteiger partial charge in [-0.25, -0.2) is 4.98 Å². The minimum atomic E-state index is 0.259. The second-order valence-electron chi connectivity index (χ2n) is 8.67. The molecule has 1 N–H and O–H groups in total. The Morgan fingerprint density at radius 1 is 1.26 bits per heavy atom. The molecule has 5 rings (SSSR count). The number of rotatable bonds is 4. The summed E-state index contributed by atoms with van der Waals surface area (Å²) in [5.74, 6) is 1.80. The first-order valence-corrected chi connectivity index (χ1v) is 10.4. The zero-order valence-electron chi connectivity index (χ0n) is 16.4. The number of fused-ring (bicyclic) bond motifs is 3.